The predicted molar refractivity (Wildman–Crippen MR) is 147 cm³/mol. The highest BCUT2D eigenvalue weighted by molar-refractivity contribution is 6.33. The highest BCUT2D eigenvalue weighted by Gasteiger charge is 2.23. The smallest absolute Gasteiger partial charge is 0.145 e. The van der Waals surface area contributed by atoms with Crippen molar-refractivity contribution >= 4 is 34.0 Å². The summed E-state index contributed by atoms with van der Waals surface area (Å²) in [6.07, 6.45) is 2.12. The van der Waals surface area contributed by atoms with Crippen LogP contribution < -0.4 is 5.32 Å². The van der Waals surface area contributed by atoms with Crippen molar-refractivity contribution < 1.29 is 4.74 Å². The van der Waals surface area contributed by atoms with Gasteiger partial charge in [-0.25, -0.2) is 9.97 Å². The van der Waals surface area contributed by atoms with Crippen molar-refractivity contribution in [2.45, 2.75) is 52.4 Å². The Morgan fingerprint density at radius 2 is 1.78 bits per heavy atom. The number of hydrogen-bond donors (Lipinski definition) is 1. The van der Waals surface area contributed by atoms with Crippen LogP contribution in [0.5, 0.6) is 0 Å². The molecule has 0 unspecified atom stereocenters. The first-order valence-corrected chi connectivity index (χ1v) is 12.9. The lowest BCUT2D eigenvalue weighted by molar-refractivity contribution is -0.0710. The van der Waals surface area contributed by atoms with Gasteiger partial charge in [0.25, 0.3) is 0 Å². The van der Waals surface area contributed by atoms with Gasteiger partial charge in [-0.05, 0) is 61.7 Å². The fourth-order valence-electron chi connectivity index (χ4n) is 4.79. The molecule has 0 bridgehead atoms. The number of halogens is 1. The van der Waals surface area contributed by atoms with Crippen LogP contribution >= 0.6 is 11.6 Å². The summed E-state index contributed by atoms with van der Waals surface area (Å²) in [5, 5.41) is 5.11. The van der Waals surface area contributed by atoms with Crippen molar-refractivity contribution in [2.75, 3.05) is 18.4 Å². The molecule has 2 aromatic carbocycles. The number of hydrogen-bond acceptors (Lipinski definition) is 6. The van der Waals surface area contributed by atoms with Gasteiger partial charge in [0.2, 0.25) is 0 Å². The van der Waals surface area contributed by atoms with E-state index in [-0.39, 0.29) is 12.2 Å². The van der Waals surface area contributed by atoms with E-state index < -0.39 is 0 Å². The molecule has 3 heterocycles. The summed E-state index contributed by atoms with van der Waals surface area (Å²) >= 11 is 6.44. The number of nitrogens with one attached hydrogen (secondary N) is 1. The number of pyridine rings is 1. The summed E-state index contributed by atoms with van der Waals surface area (Å²) in [4.78, 5) is 16.8. The minimum absolute atomic E-state index is 0.184. The third-order valence-electron chi connectivity index (χ3n) is 6.48. The van der Waals surface area contributed by atoms with Gasteiger partial charge in [0.1, 0.15) is 11.6 Å². The Labute approximate surface area is 217 Å². The molecule has 2 aromatic heterocycles. The molecule has 36 heavy (non-hydrogen) atoms. The van der Waals surface area contributed by atoms with Crippen LogP contribution in [0.15, 0.2) is 60.8 Å². The van der Waals surface area contributed by atoms with E-state index in [2.05, 4.69) is 67.2 Å². The molecular weight excluding hydrogens is 470 g/mol. The van der Waals surface area contributed by atoms with Crippen LogP contribution in [0.4, 0.5) is 11.5 Å². The Morgan fingerprint density at radius 1 is 1.03 bits per heavy atom. The Morgan fingerprint density at radius 3 is 2.47 bits per heavy atom. The van der Waals surface area contributed by atoms with Crippen LogP contribution in [0.25, 0.3) is 22.2 Å². The summed E-state index contributed by atoms with van der Waals surface area (Å²) < 4.78 is 5.92. The first-order chi connectivity index (χ1) is 17.4. The number of ether oxygens (including phenoxy) is 1. The summed E-state index contributed by atoms with van der Waals surface area (Å²) in [5.41, 5.74) is 4.83. The molecule has 1 N–H and O–H groups in total. The van der Waals surface area contributed by atoms with Crippen LogP contribution in [-0.4, -0.2) is 45.1 Å². The fraction of sp³-hybridized carbons (Fsp3) is 0.345. The second kappa shape index (κ2) is 10.5. The predicted octanol–water partition coefficient (Wildman–Crippen LogP) is 6.82. The van der Waals surface area contributed by atoms with E-state index in [0.717, 1.165) is 52.6 Å². The number of fused-ring (bicyclic) bond motifs is 1. The van der Waals surface area contributed by atoms with Gasteiger partial charge >= 0.3 is 0 Å². The molecular formula is C29H32ClN5O. The SMILES string of the molecule is CC(C)c1ccc(Nc2nc(CN3C[C@@H](C)O[C@@H](C)C3)nc3cc(-c4ncccc4Cl)ccc23)cc1. The fourth-order valence-corrected chi connectivity index (χ4v) is 5.02. The zero-order valence-corrected chi connectivity index (χ0v) is 22.0. The molecule has 0 aliphatic carbocycles. The van der Waals surface area contributed by atoms with Crippen LogP contribution in [-0.2, 0) is 11.3 Å². The molecule has 0 amide bonds. The van der Waals surface area contributed by atoms with Gasteiger partial charge in [0.15, 0.2) is 0 Å². The van der Waals surface area contributed by atoms with E-state index in [1.165, 1.54) is 5.56 Å². The first-order valence-electron chi connectivity index (χ1n) is 12.5. The van der Waals surface area contributed by atoms with Crippen molar-refractivity contribution in [3.63, 3.8) is 0 Å². The number of aromatic nitrogens is 3. The van der Waals surface area contributed by atoms with E-state index in [1.54, 1.807) is 6.20 Å². The van der Waals surface area contributed by atoms with Crippen LogP contribution in [0, 0.1) is 0 Å². The zero-order valence-electron chi connectivity index (χ0n) is 21.2. The zero-order chi connectivity index (χ0) is 25.2. The van der Waals surface area contributed by atoms with E-state index in [1.807, 2.05) is 30.3 Å². The lowest BCUT2D eigenvalue weighted by atomic mass is 10.0. The average Bonchev–Trinajstić information content (AvgIpc) is 2.84. The summed E-state index contributed by atoms with van der Waals surface area (Å²) in [6, 6.07) is 18.3. The van der Waals surface area contributed by atoms with Crippen LogP contribution in [0.2, 0.25) is 5.02 Å². The first kappa shape index (κ1) is 24.6. The molecule has 1 fully saturated rings. The molecule has 7 heteroatoms. The van der Waals surface area contributed by atoms with Gasteiger partial charge in [-0.1, -0.05) is 43.6 Å². The van der Waals surface area contributed by atoms with Gasteiger partial charge < -0.3 is 10.1 Å². The summed E-state index contributed by atoms with van der Waals surface area (Å²) in [5.74, 6) is 2.05. The second-order valence-electron chi connectivity index (χ2n) is 9.91. The van der Waals surface area contributed by atoms with Crippen molar-refractivity contribution in [2.24, 2.45) is 0 Å². The Bertz CT molecular complexity index is 1350. The molecule has 4 aromatic rings. The maximum absolute atomic E-state index is 6.44. The van der Waals surface area contributed by atoms with E-state index in [0.29, 0.717) is 17.5 Å². The minimum Gasteiger partial charge on any atom is -0.373 e. The van der Waals surface area contributed by atoms with Crippen molar-refractivity contribution in [3.8, 4) is 11.3 Å². The number of nitrogens with zero attached hydrogens (tertiary/aromatic N) is 4. The van der Waals surface area contributed by atoms with Crippen molar-refractivity contribution in [3.05, 3.63) is 77.2 Å². The normalized spacial score (nSPS) is 18.6. The molecule has 186 valence electrons. The molecule has 0 spiro atoms. The third-order valence-corrected chi connectivity index (χ3v) is 6.78. The molecule has 5 rings (SSSR count). The quantitative estimate of drug-likeness (QED) is 0.312. The third kappa shape index (κ3) is 5.51. The topological polar surface area (TPSA) is 63.2 Å². The maximum atomic E-state index is 6.44. The number of benzene rings is 2. The van der Waals surface area contributed by atoms with Crippen molar-refractivity contribution in [1.29, 1.82) is 0 Å². The Kier molecular flexibility index (Phi) is 7.19. The molecule has 6 nitrogen and oxygen atoms in total. The minimum atomic E-state index is 0.184. The average molecular weight is 502 g/mol. The Hall–Kier alpha value is -3.06. The van der Waals surface area contributed by atoms with Gasteiger partial charge in [0, 0.05) is 35.9 Å². The largest absolute Gasteiger partial charge is 0.373 e. The van der Waals surface area contributed by atoms with Gasteiger partial charge in [0.05, 0.1) is 35.0 Å². The monoisotopic (exact) mass is 501 g/mol. The lowest BCUT2D eigenvalue weighted by Gasteiger charge is -2.34. The summed E-state index contributed by atoms with van der Waals surface area (Å²) in [6.45, 7) is 11.0. The van der Waals surface area contributed by atoms with Gasteiger partial charge in [-0.2, -0.15) is 0 Å². The second-order valence-corrected chi connectivity index (χ2v) is 10.3. The highest BCUT2D eigenvalue weighted by atomic mass is 35.5. The number of morpholine rings is 1. The van der Waals surface area contributed by atoms with Crippen LogP contribution in [0.1, 0.15) is 45.0 Å². The van der Waals surface area contributed by atoms with Gasteiger partial charge in [-0.15, -0.1) is 0 Å². The maximum Gasteiger partial charge on any atom is 0.145 e. The molecule has 1 aliphatic rings. The standard InChI is InChI=1S/C29H32ClN5O/c1-18(2)21-7-10-23(11-8-21)32-29-24-12-9-22(28-25(30)6-5-13-31-28)14-26(24)33-27(34-29)17-35-15-19(3)36-20(4)16-35/h5-14,18-20H,15-17H2,1-4H3,(H,32,33,34)/t19-,20+. The lowest BCUT2D eigenvalue weighted by Crippen LogP contribution is -2.45. The number of rotatable bonds is 6. The Balaban J connectivity index is 1.54. The molecule has 0 saturated carbocycles. The van der Waals surface area contributed by atoms with Crippen LogP contribution in [0.3, 0.4) is 0 Å². The van der Waals surface area contributed by atoms with E-state index in [9.17, 15) is 0 Å². The molecule has 2 atom stereocenters. The molecule has 1 saturated heterocycles. The van der Waals surface area contributed by atoms with E-state index >= 15 is 0 Å². The summed E-state index contributed by atoms with van der Waals surface area (Å²) in [7, 11) is 0. The van der Waals surface area contributed by atoms with E-state index in [4.69, 9.17) is 26.3 Å². The number of anilines is 2. The van der Waals surface area contributed by atoms with Gasteiger partial charge in [-0.3, -0.25) is 9.88 Å². The molecule has 1 aliphatic heterocycles. The van der Waals surface area contributed by atoms with Crippen molar-refractivity contribution in [1.82, 2.24) is 19.9 Å². The highest BCUT2D eigenvalue weighted by Crippen LogP contribution is 2.31. The molecule has 0 radical (unpaired) electrons.